The fraction of sp³-hybridized carbons (Fsp3) is 0.0682. The molecule has 0 unspecified atom stereocenters. The van der Waals surface area contributed by atoms with Crippen LogP contribution >= 0.6 is 0 Å². The van der Waals surface area contributed by atoms with E-state index in [9.17, 15) is 5.26 Å². The summed E-state index contributed by atoms with van der Waals surface area (Å²) in [4.78, 5) is 11.0. The van der Waals surface area contributed by atoms with Gasteiger partial charge in [-0.05, 0) is 63.6 Å². The zero-order valence-electron chi connectivity index (χ0n) is 25.6. The van der Waals surface area contributed by atoms with Crippen LogP contribution in [0.25, 0.3) is 22.5 Å². The molecule has 10 rings (SSSR count). The Labute approximate surface area is 274 Å². The lowest BCUT2D eigenvalue weighted by atomic mass is 9.55. The van der Waals surface area contributed by atoms with Crippen LogP contribution < -0.4 is 0 Å². The van der Waals surface area contributed by atoms with E-state index in [4.69, 9.17) is 9.97 Å². The second-order valence-electron chi connectivity index (χ2n) is 12.5. The molecule has 6 aromatic carbocycles. The molecular formula is C44H29N3. The number of rotatable bonds is 4. The summed E-state index contributed by atoms with van der Waals surface area (Å²) in [5.41, 5.74) is 11.9. The summed E-state index contributed by atoms with van der Waals surface area (Å²) in [6.45, 7) is 0. The predicted octanol–water partition coefficient (Wildman–Crippen LogP) is 9.27. The van der Waals surface area contributed by atoms with Gasteiger partial charge in [0.05, 0.1) is 23.0 Å². The van der Waals surface area contributed by atoms with E-state index < -0.39 is 10.8 Å². The van der Waals surface area contributed by atoms with E-state index in [1.807, 2.05) is 30.3 Å². The molecule has 0 amide bonds. The van der Waals surface area contributed by atoms with Gasteiger partial charge >= 0.3 is 0 Å². The maximum Gasteiger partial charge on any atom is 0.149 e. The Morgan fingerprint density at radius 3 is 1.57 bits per heavy atom. The fourth-order valence-electron chi connectivity index (χ4n) is 8.19. The Bertz CT molecular complexity index is 2290. The number of hydrogen-bond donors (Lipinski definition) is 0. The first-order valence-electron chi connectivity index (χ1n) is 16.0. The van der Waals surface area contributed by atoms with Gasteiger partial charge in [-0.3, -0.25) is 0 Å². The summed E-state index contributed by atoms with van der Waals surface area (Å²) in [6, 6.07) is 60.2. The maximum absolute atomic E-state index is 9.51. The minimum absolute atomic E-state index is 0.391. The van der Waals surface area contributed by atoms with Crippen LogP contribution in [0, 0.1) is 11.3 Å². The minimum atomic E-state index is -0.773. The number of hydrogen-bond acceptors (Lipinski definition) is 3. The zero-order chi connectivity index (χ0) is 31.4. The Hall–Kier alpha value is -6.11. The van der Waals surface area contributed by atoms with Crippen LogP contribution in [0.15, 0.2) is 164 Å². The number of aromatic nitrogens is 2. The Kier molecular flexibility index (Phi) is 6.07. The molecule has 0 saturated heterocycles. The molecule has 3 heteroatoms. The third-order valence-electron chi connectivity index (χ3n) is 10.2. The molecule has 3 nitrogen and oxygen atoms in total. The molecule has 0 atom stereocenters. The molecule has 220 valence electrons. The van der Waals surface area contributed by atoms with Gasteiger partial charge in [0.25, 0.3) is 0 Å². The average molecular weight is 600 g/mol. The predicted molar refractivity (Wildman–Crippen MR) is 186 cm³/mol. The highest BCUT2D eigenvalue weighted by Gasteiger charge is 2.57. The van der Waals surface area contributed by atoms with E-state index in [0.717, 1.165) is 34.8 Å². The van der Waals surface area contributed by atoms with Crippen LogP contribution in [0.2, 0.25) is 0 Å². The normalized spacial score (nSPS) is 18.7. The highest BCUT2D eigenvalue weighted by Crippen LogP contribution is 2.61. The first kappa shape index (κ1) is 27.2. The molecule has 7 aromatic rings. The standard InChI is InChI=1S/C44H29N3/c45-29-30-23-25-32(26-24-30)41-27-40(31-13-3-1-4-14-31)46-42(47-41)44-35-18-8-7-15-33(35)28-43(34-16-5-2-6-17-34,36-19-9-11-21-38(36)44)37-20-10-12-22-39(37)44/h1-27H,28H2. The van der Waals surface area contributed by atoms with Gasteiger partial charge in [-0.2, -0.15) is 5.26 Å². The molecule has 3 aliphatic carbocycles. The maximum atomic E-state index is 9.51. The van der Waals surface area contributed by atoms with Gasteiger partial charge in [0.15, 0.2) is 0 Å². The summed E-state index contributed by atoms with van der Waals surface area (Å²) in [6.07, 6.45) is 0.823. The van der Waals surface area contributed by atoms with Gasteiger partial charge in [-0.25, -0.2) is 9.97 Å². The van der Waals surface area contributed by atoms with Gasteiger partial charge in [0.1, 0.15) is 11.2 Å². The molecule has 0 radical (unpaired) electrons. The summed E-state index contributed by atoms with van der Waals surface area (Å²) < 4.78 is 0. The fourth-order valence-corrected chi connectivity index (χ4v) is 8.19. The van der Waals surface area contributed by atoms with Crippen molar-refractivity contribution in [2.45, 2.75) is 17.3 Å². The highest BCUT2D eigenvalue weighted by atomic mass is 14.9. The second-order valence-corrected chi connectivity index (χ2v) is 12.5. The lowest BCUT2D eigenvalue weighted by molar-refractivity contribution is 0.566. The van der Waals surface area contributed by atoms with E-state index in [1.165, 1.54) is 38.9 Å². The van der Waals surface area contributed by atoms with Crippen molar-refractivity contribution in [3.05, 3.63) is 214 Å². The van der Waals surface area contributed by atoms with E-state index in [0.29, 0.717) is 5.56 Å². The monoisotopic (exact) mass is 599 g/mol. The van der Waals surface area contributed by atoms with Crippen molar-refractivity contribution in [2.24, 2.45) is 0 Å². The smallest absolute Gasteiger partial charge is 0.149 e. The van der Waals surface area contributed by atoms with E-state index >= 15 is 0 Å². The van der Waals surface area contributed by atoms with Crippen molar-refractivity contribution in [1.82, 2.24) is 9.97 Å². The molecule has 0 aliphatic heterocycles. The van der Waals surface area contributed by atoms with Crippen LogP contribution in [-0.4, -0.2) is 9.97 Å². The summed E-state index contributed by atoms with van der Waals surface area (Å²) >= 11 is 0. The number of nitriles is 1. The molecule has 0 N–H and O–H groups in total. The van der Waals surface area contributed by atoms with Crippen molar-refractivity contribution in [3.8, 4) is 28.6 Å². The SMILES string of the molecule is N#Cc1ccc(-c2cc(-c3ccccc3)nc(C34c5ccccc5CC(c5ccccc5)(c5ccccc53)c3ccccc34)n2)cc1. The van der Waals surface area contributed by atoms with Crippen LogP contribution in [0.3, 0.4) is 0 Å². The van der Waals surface area contributed by atoms with Gasteiger partial charge < -0.3 is 0 Å². The first-order chi connectivity index (χ1) is 23.2. The van der Waals surface area contributed by atoms with Crippen molar-refractivity contribution in [2.75, 3.05) is 0 Å². The average Bonchev–Trinajstić information content (AvgIpc) is 3.35. The topological polar surface area (TPSA) is 49.6 Å². The van der Waals surface area contributed by atoms with Crippen molar-refractivity contribution < 1.29 is 0 Å². The molecular weight excluding hydrogens is 571 g/mol. The third-order valence-corrected chi connectivity index (χ3v) is 10.2. The summed E-state index contributed by atoms with van der Waals surface area (Å²) in [5, 5.41) is 9.51. The second kappa shape index (κ2) is 10.5. The van der Waals surface area contributed by atoms with Crippen molar-refractivity contribution in [3.63, 3.8) is 0 Å². The molecule has 47 heavy (non-hydrogen) atoms. The Balaban J connectivity index is 1.45. The van der Waals surface area contributed by atoms with Crippen LogP contribution in [0.5, 0.6) is 0 Å². The molecule has 0 fully saturated rings. The summed E-state index contributed by atoms with van der Waals surface area (Å²) in [5.74, 6) is 0.745. The lowest BCUT2D eigenvalue weighted by Gasteiger charge is -2.46. The van der Waals surface area contributed by atoms with Crippen LogP contribution in [-0.2, 0) is 17.3 Å². The highest BCUT2D eigenvalue weighted by molar-refractivity contribution is 5.77. The Morgan fingerprint density at radius 2 is 0.979 bits per heavy atom. The quantitative estimate of drug-likeness (QED) is 0.203. The zero-order valence-corrected chi connectivity index (χ0v) is 25.6. The van der Waals surface area contributed by atoms with Crippen molar-refractivity contribution in [1.29, 1.82) is 5.26 Å². The van der Waals surface area contributed by atoms with E-state index in [1.54, 1.807) is 0 Å². The third kappa shape index (κ3) is 3.85. The van der Waals surface area contributed by atoms with Gasteiger partial charge in [-0.15, -0.1) is 0 Å². The van der Waals surface area contributed by atoms with Gasteiger partial charge in [0, 0.05) is 16.5 Å². The van der Waals surface area contributed by atoms with Gasteiger partial charge in [0.2, 0.25) is 0 Å². The molecule has 3 aliphatic rings. The minimum Gasteiger partial charge on any atom is -0.231 e. The summed E-state index contributed by atoms with van der Waals surface area (Å²) in [7, 11) is 0. The van der Waals surface area contributed by atoms with Crippen LogP contribution in [0.4, 0.5) is 0 Å². The lowest BCUT2D eigenvalue weighted by Crippen LogP contribution is -2.43. The molecule has 2 bridgehead atoms. The number of nitrogens with zero attached hydrogens (tertiary/aromatic N) is 3. The van der Waals surface area contributed by atoms with E-state index in [2.05, 4.69) is 140 Å². The molecule has 1 heterocycles. The molecule has 0 saturated carbocycles. The largest absolute Gasteiger partial charge is 0.231 e. The van der Waals surface area contributed by atoms with Crippen LogP contribution in [0.1, 0.15) is 50.3 Å². The molecule has 1 aromatic heterocycles. The Morgan fingerprint density at radius 1 is 0.489 bits per heavy atom. The first-order valence-corrected chi connectivity index (χ1v) is 16.0. The van der Waals surface area contributed by atoms with E-state index in [-0.39, 0.29) is 0 Å². The number of benzene rings is 6. The van der Waals surface area contributed by atoms with Gasteiger partial charge in [-0.1, -0.05) is 146 Å². The van der Waals surface area contributed by atoms with Crippen molar-refractivity contribution >= 4 is 0 Å². The molecule has 0 spiro atoms.